The van der Waals surface area contributed by atoms with Crippen LogP contribution < -0.4 is 5.32 Å². The molecule has 0 aliphatic rings. The molecular weight excluding hydrogens is 327 g/mol. The van der Waals surface area contributed by atoms with Gasteiger partial charge in [0.25, 0.3) is 0 Å². The molecule has 2 rings (SSSR count). The lowest BCUT2D eigenvalue weighted by Crippen LogP contribution is -2.08. The van der Waals surface area contributed by atoms with Crippen molar-refractivity contribution in [1.29, 1.82) is 0 Å². The van der Waals surface area contributed by atoms with E-state index in [1.165, 1.54) is 22.9 Å². The number of nitrogens with zero attached hydrogens (tertiary/aromatic N) is 3. The second-order valence-electron chi connectivity index (χ2n) is 4.66. The molecule has 120 valence electrons. The van der Waals surface area contributed by atoms with Gasteiger partial charge in [-0.2, -0.15) is 9.49 Å². The first-order valence-corrected chi connectivity index (χ1v) is 6.79. The average molecular weight is 339 g/mol. The Morgan fingerprint density at radius 3 is 2.78 bits per heavy atom. The molecule has 1 aromatic carbocycles. The number of aromatic nitrogens is 2. The highest BCUT2D eigenvalue weighted by atomic mass is 35.5. The number of hydrogen-bond acceptors (Lipinski definition) is 4. The molecule has 0 unspecified atom stereocenters. The molecule has 7 nitrogen and oxygen atoms in total. The van der Waals surface area contributed by atoms with Crippen LogP contribution in [0.15, 0.2) is 24.3 Å². The van der Waals surface area contributed by atoms with Crippen LogP contribution >= 0.6 is 11.6 Å². The summed E-state index contributed by atoms with van der Waals surface area (Å²) in [5.74, 6) is -1.51. The lowest BCUT2D eigenvalue weighted by molar-refractivity contribution is -0.387. The Labute approximate surface area is 135 Å². The van der Waals surface area contributed by atoms with E-state index in [0.717, 1.165) is 12.1 Å². The Morgan fingerprint density at radius 1 is 1.52 bits per heavy atom. The molecule has 9 heteroatoms. The topological polar surface area (TPSA) is 90.1 Å². The van der Waals surface area contributed by atoms with Gasteiger partial charge in [-0.1, -0.05) is 11.6 Å². The van der Waals surface area contributed by atoms with Crippen molar-refractivity contribution in [3.05, 3.63) is 56.6 Å². The summed E-state index contributed by atoms with van der Waals surface area (Å²) in [6, 6.07) is 3.10. The van der Waals surface area contributed by atoms with E-state index < -0.39 is 22.3 Å². The molecule has 1 amide bonds. The Balaban J connectivity index is 2.15. The SMILES string of the molecule is Cc1nn(C)c(Cl)c1/C=C/C(=O)Nc1ccc(F)c([N+](=O)[O-])c1. The largest absolute Gasteiger partial charge is 0.322 e. The van der Waals surface area contributed by atoms with Crippen LogP contribution in [0.25, 0.3) is 6.08 Å². The zero-order chi connectivity index (χ0) is 17.1. The highest BCUT2D eigenvalue weighted by Crippen LogP contribution is 2.22. The molecule has 1 heterocycles. The van der Waals surface area contributed by atoms with Crippen molar-refractivity contribution in [2.45, 2.75) is 6.92 Å². The molecular formula is C14H12ClFN4O3. The summed E-state index contributed by atoms with van der Waals surface area (Å²) in [4.78, 5) is 21.7. The van der Waals surface area contributed by atoms with Crippen LogP contribution in [0, 0.1) is 22.9 Å². The molecule has 1 N–H and O–H groups in total. The maximum atomic E-state index is 13.2. The number of rotatable bonds is 4. The summed E-state index contributed by atoms with van der Waals surface area (Å²) >= 11 is 6.03. The van der Waals surface area contributed by atoms with E-state index in [4.69, 9.17) is 11.6 Å². The maximum absolute atomic E-state index is 13.2. The monoisotopic (exact) mass is 338 g/mol. The number of amides is 1. The van der Waals surface area contributed by atoms with Gasteiger partial charge in [-0.05, 0) is 25.1 Å². The van der Waals surface area contributed by atoms with Gasteiger partial charge in [0.05, 0.1) is 10.6 Å². The normalized spacial score (nSPS) is 11.0. The molecule has 23 heavy (non-hydrogen) atoms. The van der Waals surface area contributed by atoms with Gasteiger partial charge in [0.15, 0.2) is 0 Å². The smallest absolute Gasteiger partial charge is 0.306 e. The third-order valence-corrected chi connectivity index (χ3v) is 3.46. The fraction of sp³-hybridized carbons (Fsp3) is 0.143. The molecule has 0 aliphatic carbocycles. The van der Waals surface area contributed by atoms with Gasteiger partial charge in [-0.15, -0.1) is 0 Å². The van der Waals surface area contributed by atoms with E-state index in [1.807, 2.05) is 0 Å². The van der Waals surface area contributed by atoms with Crippen LogP contribution in [0.2, 0.25) is 5.15 Å². The van der Waals surface area contributed by atoms with Gasteiger partial charge in [-0.25, -0.2) is 0 Å². The van der Waals surface area contributed by atoms with Crippen LogP contribution in [0.3, 0.4) is 0 Å². The van der Waals surface area contributed by atoms with E-state index >= 15 is 0 Å². The molecule has 0 saturated carbocycles. The zero-order valence-corrected chi connectivity index (χ0v) is 13.0. The first-order valence-electron chi connectivity index (χ1n) is 6.41. The Kier molecular flexibility index (Phi) is 4.75. The standard InChI is InChI=1S/C14H12ClFN4O3/c1-8-10(14(15)19(2)18-8)4-6-13(21)17-9-3-5-11(16)12(7-9)20(22)23/h3-7H,1-2H3,(H,17,21)/b6-4+. The number of benzene rings is 1. The maximum Gasteiger partial charge on any atom is 0.306 e. The number of nitrogens with one attached hydrogen (secondary N) is 1. The number of carbonyl (C=O) groups is 1. The number of aryl methyl sites for hydroxylation is 2. The Bertz CT molecular complexity index is 817. The van der Waals surface area contributed by atoms with Crippen LogP contribution in [-0.2, 0) is 11.8 Å². The minimum Gasteiger partial charge on any atom is -0.322 e. The number of anilines is 1. The van der Waals surface area contributed by atoms with E-state index in [2.05, 4.69) is 10.4 Å². The molecule has 1 aromatic heterocycles. The van der Waals surface area contributed by atoms with Gasteiger partial charge in [0.2, 0.25) is 11.7 Å². The summed E-state index contributed by atoms with van der Waals surface area (Å²) in [5.41, 5.74) is 0.646. The van der Waals surface area contributed by atoms with Crippen molar-refractivity contribution >= 4 is 35.0 Å². The second kappa shape index (κ2) is 6.57. The molecule has 0 spiro atoms. The van der Waals surface area contributed by atoms with Crippen molar-refractivity contribution in [2.24, 2.45) is 7.05 Å². The predicted molar refractivity (Wildman–Crippen MR) is 83.7 cm³/mol. The van der Waals surface area contributed by atoms with E-state index in [-0.39, 0.29) is 5.69 Å². The lowest BCUT2D eigenvalue weighted by atomic mass is 10.2. The number of hydrogen-bond donors (Lipinski definition) is 1. The van der Waals surface area contributed by atoms with E-state index in [0.29, 0.717) is 16.4 Å². The summed E-state index contributed by atoms with van der Waals surface area (Å²) in [5, 5.41) is 17.6. The van der Waals surface area contributed by atoms with E-state index in [1.54, 1.807) is 14.0 Å². The van der Waals surface area contributed by atoms with E-state index in [9.17, 15) is 19.3 Å². The molecule has 0 fully saturated rings. The quantitative estimate of drug-likeness (QED) is 0.527. The van der Waals surface area contributed by atoms with Crippen molar-refractivity contribution in [1.82, 2.24) is 9.78 Å². The lowest BCUT2D eigenvalue weighted by Gasteiger charge is -2.02. The predicted octanol–water partition coefficient (Wildman–Crippen LogP) is 3.08. The highest BCUT2D eigenvalue weighted by molar-refractivity contribution is 6.31. The summed E-state index contributed by atoms with van der Waals surface area (Å²) in [6.45, 7) is 1.74. The number of nitro groups is 1. The number of nitro benzene ring substituents is 1. The Hall–Kier alpha value is -2.74. The molecule has 0 bridgehead atoms. The highest BCUT2D eigenvalue weighted by Gasteiger charge is 2.15. The van der Waals surface area contributed by atoms with Gasteiger partial charge in [0, 0.05) is 30.4 Å². The summed E-state index contributed by atoms with van der Waals surface area (Å²) in [7, 11) is 1.67. The average Bonchev–Trinajstić information content (AvgIpc) is 2.72. The van der Waals surface area contributed by atoms with Crippen molar-refractivity contribution in [3.8, 4) is 0 Å². The van der Waals surface area contributed by atoms with Crippen LogP contribution in [0.5, 0.6) is 0 Å². The van der Waals surface area contributed by atoms with Gasteiger partial charge in [-0.3, -0.25) is 19.6 Å². The minimum atomic E-state index is -0.971. The number of halogens is 2. The van der Waals surface area contributed by atoms with Crippen molar-refractivity contribution < 1.29 is 14.1 Å². The van der Waals surface area contributed by atoms with Crippen molar-refractivity contribution in [2.75, 3.05) is 5.32 Å². The van der Waals surface area contributed by atoms with Gasteiger partial charge in [0.1, 0.15) is 5.15 Å². The molecule has 0 radical (unpaired) electrons. The first kappa shape index (κ1) is 16.6. The van der Waals surface area contributed by atoms with Gasteiger partial charge < -0.3 is 5.32 Å². The third-order valence-electron chi connectivity index (χ3n) is 3.01. The Morgan fingerprint density at radius 2 is 2.22 bits per heavy atom. The molecule has 0 saturated heterocycles. The first-order chi connectivity index (χ1) is 10.8. The summed E-state index contributed by atoms with van der Waals surface area (Å²) < 4.78 is 14.7. The third kappa shape index (κ3) is 3.72. The van der Waals surface area contributed by atoms with Gasteiger partial charge >= 0.3 is 5.69 Å². The second-order valence-corrected chi connectivity index (χ2v) is 5.02. The summed E-state index contributed by atoms with van der Waals surface area (Å²) in [6.07, 6.45) is 2.70. The fourth-order valence-electron chi connectivity index (χ4n) is 1.91. The zero-order valence-electron chi connectivity index (χ0n) is 12.2. The van der Waals surface area contributed by atoms with Crippen LogP contribution in [0.1, 0.15) is 11.3 Å². The van der Waals surface area contributed by atoms with Crippen LogP contribution in [0.4, 0.5) is 15.8 Å². The number of carbonyl (C=O) groups excluding carboxylic acids is 1. The van der Waals surface area contributed by atoms with Crippen LogP contribution in [-0.4, -0.2) is 20.6 Å². The minimum absolute atomic E-state index is 0.113. The van der Waals surface area contributed by atoms with Crippen molar-refractivity contribution in [3.63, 3.8) is 0 Å². The fourth-order valence-corrected chi connectivity index (χ4v) is 2.15. The molecule has 0 atom stereocenters. The molecule has 0 aliphatic heterocycles. The molecule has 2 aromatic rings.